The van der Waals surface area contributed by atoms with Crippen LogP contribution in [0, 0.1) is 0 Å². The molecule has 0 bridgehead atoms. The molecule has 3 N–H and O–H groups in total. The molecule has 2 aliphatic heterocycles. The molecule has 2 aliphatic rings. The number of nitrogens with one attached hydrogen (secondary N) is 1. The summed E-state index contributed by atoms with van der Waals surface area (Å²) in [6, 6.07) is 17.3. The molecule has 1 saturated heterocycles. The zero-order valence-corrected chi connectivity index (χ0v) is 20.0. The number of hydrogen-bond acceptors (Lipinski definition) is 7. The Labute approximate surface area is 209 Å². The monoisotopic (exact) mass is 500 g/mol. The van der Waals surface area contributed by atoms with Gasteiger partial charge in [-0.1, -0.05) is 54.1 Å². The van der Waals surface area contributed by atoms with Crippen LogP contribution in [0.3, 0.4) is 0 Å². The van der Waals surface area contributed by atoms with Crippen LogP contribution in [-0.4, -0.2) is 90.4 Å². The highest BCUT2D eigenvalue weighted by Gasteiger charge is 2.35. The standard InChI is InChI=1S/C25H29ClN4O5/c26-19-8-4-5-9-20(19)29-10-12-30(13-11-29)25(34)23(32)22(31)24(33)27-15-21-28-18(16-35-21)14-17-6-2-1-3-7-17/h1-9,18,22-23,31-32H,10-16H2,(H,27,33)/t18?,22-,23-/m1/s1. The zero-order chi connectivity index (χ0) is 24.8. The van der Waals surface area contributed by atoms with Crippen molar-refractivity contribution in [3.8, 4) is 0 Å². The van der Waals surface area contributed by atoms with Gasteiger partial charge in [-0.15, -0.1) is 0 Å². The summed E-state index contributed by atoms with van der Waals surface area (Å²) in [5.74, 6) is -1.20. The summed E-state index contributed by atoms with van der Waals surface area (Å²) in [7, 11) is 0. The van der Waals surface area contributed by atoms with Gasteiger partial charge in [0, 0.05) is 26.2 Å². The lowest BCUT2D eigenvalue weighted by Gasteiger charge is -2.37. The molecular weight excluding hydrogens is 472 g/mol. The van der Waals surface area contributed by atoms with Crippen molar-refractivity contribution in [3.05, 3.63) is 65.2 Å². The van der Waals surface area contributed by atoms with Crippen LogP contribution in [0.1, 0.15) is 5.56 Å². The normalized spacial score (nSPS) is 19.5. The van der Waals surface area contributed by atoms with Crippen molar-refractivity contribution in [2.75, 3.05) is 44.2 Å². The van der Waals surface area contributed by atoms with E-state index in [2.05, 4.69) is 15.2 Å². The fourth-order valence-electron chi connectivity index (χ4n) is 4.17. The van der Waals surface area contributed by atoms with Crippen molar-refractivity contribution in [3.63, 3.8) is 0 Å². The molecule has 0 aliphatic carbocycles. The molecule has 1 unspecified atom stereocenters. The summed E-state index contributed by atoms with van der Waals surface area (Å²) in [4.78, 5) is 33.0. The van der Waals surface area contributed by atoms with Crippen molar-refractivity contribution in [2.45, 2.75) is 24.7 Å². The fourth-order valence-corrected chi connectivity index (χ4v) is 4.42. The third-order valence-electron chi connectivity index (χ3n) is 6.10. The zero-order valence-electron chi connectivity index (χ0n) is 19.2. The Morgan fingerprint density at radius 3 is 2.43 bits per heavy atom. The maximum absolute atomic E-state index is 12.7. The topological polar surface area (TPSA) is 115 Å². The first-order valence-corrected chi connectivity index (χ1v) is 12.0. The molecule has 2 amide bonds. The van der Waals surface area contributed by atoms with Crippen LogP contribution in [0.5, 0.6) is 0 Å². The van der Waals surface area contributed by atoms with Crippen LogP contribution in [-0.2, 0) is 20.7 Å². The molecular formula is C25H29ClN4O5. The summed E-state index contributed by atoms with van der Waals surface area (Å²) in [6.45, 7) is 2.09. The second-order valence-electron chi connectivity index (χ2n) is 8.55. The van der Waals surface area contributed by atoms with E-state index in [-0.39, 0.29) is 12.6 Å². The van der Waals surface area contributed by atoms with Crippen molar-refractivity contribution < 1.29 is 24.5 Å². The van der Waals surface area contributed by atoms with E-state index in [1.165, 1.54) is 4.90 Å². The van der Waals surface area contributed by atoms with E-state index < -0.39 is 24.0 Å². The molecule has 186 valence electrons. The molecule has 0 spiro atoms. The van der Waals surface area contributed by atoms with Crippen molar-refractivity contribution in [1.82, 2.24) is 10.2 Å². The first-order chi connectivity index (χ1) is 16.9. The van der Waals surface area contributed by atoms with E-state index in [9.17, 15) is 19.8 Å². The third kappa shape index (κ3) is 6.30. The van der Waals surface area contributed by atoms with Gasteiger partial charge in [0.2, 0.25) is 5.90 Å². The smallest absolute Gasteiger partial charge is 0.254 e. The highest BCUT2D eigenvalue weighted by Crippen LogP contribution is 2.26. The van der Waals surface area contributed by atoms with Gasteiger partial charge in [0.25, 0.3) is 11.8 Å². The second-order valence-corrected chi connectivity index (χ2v) is 8.96. The molecule has 2 aromatic rings. The Bertz CT molecular complexity index is 1060. The molecule has 35 heavy (non-hydrogen) atoms. The number of para-hydroxylation sites is 1. The highest BCUT2D eigenvalue weighted by atomic mass is 35.5. The second kappa shape index (κ2) is 11.5. The van der Waals surface area contributed by atoms with E-state index in [1.54, 1.807) is 6.07 Å². The molecule has 1 fully saturated rings. The van der Waals surface area contributed by atoms with E-state index >= 15 is 0 Å². The Balaban J connectivity index is 1.23. The Morgan fingerprint density at radius 2 is 1.71 bits per heavy atom. The van der Waals surface area contributed by atoms with E-state index in [1.807, 2.05) is 48.5 Å². The molecule has 2 aromatic carbocycles. The number of rotatable bonds is 8. The number of hydrogen-bond donors (Lipinski definition) is 3. The van der Waals surface area contributed by atoms with Gasteiger partial charge in [0.1, 0.15) is 6.61 Å². The number of aliphatic hydroxyl groups excluding tert-OH is 2. The lowest BCUT2D eigenvalue weighted by atomic mass is 10.1. The van der Waals surface area contributed by atoms with Gasteiger partial charge in [-0.3, -0.25) is 9.59 Å². The average Bonchev–Trinajstić information content (AvgIpc) is 3.34. The van der Waals surface area contributed by atoms with Gasteiger partial charge >= 0.3 is 0 Å². The average molecular weight is 501 g/mol. The molecule has 4 rings (SSSR count). The number of carbonyl (C=O) groups excluding carboxylic acids is 2. The van der Waals surface area contributed by atoms with E-state index in [0.29, 0.717) is 43.7 Å². The number of piperazine rings is 1. The van der Waals surface area contributed by atoms with Gasteiger partial charge < -0.3 is 30.1 Å². The predicted octanol–water partition coefficient (Wildman–Crippen LogP) is 0.867. The first-order valence-electron chi connectivity index (χ1n) is 11.6. The Morgan fingerprint density at radius 1 is 1.03 bits per heavy atom. The number of carbonyl (C=O) groups is 2. The number of halogens is 1. The maximum atomic E-state index is 12.7. The predicted molar refractivity (Wildman–Crippen MR) is 133 cm³/mol. The van der Waals surface area contributed by atoms with Crippen LogP contribution in [0.25, 0.3) is 0 Å². The quantitative estimate of drug-likeness (QED) is 0.495. The van der Waals surface area contributed by atoms with Crippen LogP contribution < -0.4 is 10.2 Å². The van der Waals surface area contributed by atoms with E-state index in [0.717, 1.165) is 17.7 Å². The number of nitrogens with zero attached hydrogens (tertiary/aromatic N) is 3. The summed E-state index contributed by atoms with van der Waals surface area (Å²) in [5.41, 5.74) is 2.02. The van der Waals surface area contributed by atoms with Crippen LogP contribution in [0.15, 0.2) is 59.6 Å². The lowest BCUT2D eigenvalue weighted by molar-refractivity contribution is -0.153. The van der Waals surface area contributed by atoms with Crippen LogP contribution >= 0.6 is 11.6 Å². The molecule has 9 nitrogen and oxygen atoms in total. The van der Waals surface area contributed by atoms with E-state index in [4.69, 9.17) is 16.3 Å². The van der Waals surface area contributed by atoms with Crippen LogP contribution in [0.4, 0.5) is 5.69 Å². The van der Waals surface area contributed by atoms with Crippen molar-refractivity contribution >= 4 is 35.0 Å². The molecule has 3 atom stereocenters. The summed E-state index contributed by atoms with van der Waals surface area (Å²) in [5, 5.41) is 23.7. The molecule has 10 heteroatoms. The maximum Gasteiger partial charge on any atom is 0.254 e. The number of aliphatic hydroxyl groups is 2. The van der Waals surface area contributed by atoms with Crippen molar-refractivity contribution in [2.24, 2.45) is 4.99 Å². The van der Waals surface area contributed by atoms with Gasteiger partial charge in [0.05, 0.1) is 23.3 Å². The minimum absolute atomic E-state index is 0.0292. The fraction of sp³-hybridized carbons (Fsp3) is 0.400. The molecule has 0 radical (unpaired) electrons. The Kier molecular flexibility index (Phi) is 8.22. The molecule has 2 heterocycles. The minimum atomic E-state index is -1.90. The minimum Gasteiger partial charge on any atom is -0.477 e. The van der Waals surface area contributed by atoms with Crippen molar-refractivity contribution in [1.29, 1.82) is 0 Å². The first kappa shape index (κ1) is 25.0. The molecule has 0 saturated carbocycles. The Hall–Kier alpha value is -3.14. The number of amides is 2. The lowest BCUT2D eigenvalue weighted by Crippen LogP contribution is -2.56. The van der Waals surface area contributed by atoms with Gasteiger partial charge in [0.15, 0.2) is 12.2 Å². The number of anilines is 1. The SMILES string of the molecule is O=C(NCC1=NC(Cc2ccccc2)CO1)[C@H](O)[C@@H](O)C(=O)N1CCN(c2ccccc2Cl)CC1. The number of aliphatic imine (C=N–C) groups is 1. The summed E-state index contributed by atoms with van der Waals surface area (Å²) < 4.78 is 5.53. The van der Waals surface area contributed by atoms with Gasteiger partial charge in [-0.25, -0.2) is 4.99 Å². The van der Waals surface area contributed by atoms with Gasteiger partial charge in [-0.05, 0) is 24.1 Å². The largest absolute Gasteiger partial charge is 0.477 e. The van der Waals surface area contributed by atoms with Gasteiger partial charge in [-0.2, -0.15) is 0 Å². The molecule has 0 aromatic heterocycles. The summed E-state index contributed by atoms with van der Waals surface area (Å²) >= 11 is 6.25. The number of ether oxygens (including phenoxy) is 1. The summed E-state index contributed by atoms with van der Waals surface area (Å²) in [6.07, 6.45) is -3.04. The third-order valence-corrected chi connectivity index (χ3v) is 6.42. The van der Waals surface area contributed by atoms with Crippen LogP contribution in [0.2, 0.25) is 5.02 Å². The highest BCUT2D eigenvalue weighted by molar-refractivity contribution is 6.33. The number of benzene rings is 2.